The fourth-order valence-electron chi connectivity index (χ4n) is 2.19. The topological polar surface area (TPSA) is 17.1 Å². The van der Waals surface area contributed by atoms with E-state index in [-0.39, 0.29) is 0 Å². The van der Waals surface area contributed by atoms with Crippen molar-refractivity contribution in [3.8, 4) is 0 Å². The molecule has 0 heterocycles. The quantitative estimate of drug-likeness (QED) is 0.549. The van der Waals surface area contributed by atoms with Crippen molar-refractivity contribution in [3.63, 3.8) is 0 Å². The number of hydrogen-bond acceptors (Lipinski definition) is 1. The summed E-state index contributed by atoms with van der Waals surface area (Å²) in [6, 6.07) is 0. The normalized spacial score (nSPS) is 11.8. The second-order valence-corrected chi connectivity index (χ2v) is 4.90. The Hall–Kier alpha value is -0.370. The molecule has 0 bridgehead atoms. The summed E-state index contributed by atoms with van der Waals surface area (Å²) in [5, 5.41) is 0. The lowest BCUT2D eigenvalue weighted by atomic mass is 10.1. The summed E-state index contributed by atoms with van der Waals surface area (Å²) in [4.78, 5) is 12.0. The number of hydrogen-bond donors (Lipinski definition) is 0. The van der Waals surface area contributed by atoms with Crippen LogP contribution in [0, 0.1) is 0 Å². The van der Waals surface area contributed by atoms with Gasteiger partial charge in [0.1, 0.15) is 0 Å². The Morgan fingerprint density at radius 2 is 1.12 bits per heavy atom. The molecule has 0 radical (unpaired) electrons. The smallest absolute Gasteiger partial charge is 0.261 e. The molecule has 16 heavy (non-hydrogen) atoms. The van der Waals surface area contributed by atoms with Gasteiger partial charge >= 0.3 is 5.91 Å². The highest BCUT2D eigenvalue weighted by Crippen LogP contribution is 2.15. The van der Waals surface area contributed by atoms with Crippen LogP contribution in [0.15, 0.2) is 0 Å². The lowest BCUT2D eigenvalue weighted by Gasteiger charge is -2.35. The molecule has 0 atom stereocenters. The Morgan fingerprint density at radius 3 is 1.31 bits per heavy atom. The van der Waals surface area contributed by atoms with Gasteiger partial charge in [-0.2, -0.15) is 0 Å². The van der Waals surface area contributed by atoms with Crippen LogP contribution in [0.5, 0.6) is 0 Å². The zero-order valence-corrected chi connectivity index (χ0v) is 11.7. The average Bonchev–Trinajstić information content (AvgIpc) is 2.28. The summed E-state index contributed by atoms with van der Waals surface area (Å²) in [5.74, 6) is 0.371. The molecule has 0 unspecified atom stereocenters. The van der Waals surface area contributed by atoms with Gasteiger partial charge in [-0.15, -0.1) is 0 Å². The van der Waals surface area contributed by atoms with Crippen LogP contribution in [0.4, 0.5) is 0 Å². The molecule has 2 heteroatoms. The molecule has 0 fully saturated rings. The molecule has 0 N–H and O–H groups in total. The summed E-state index contributed by atoms with van der Waals surface area (Å²) >= 11 is 0. The number of quaternary nitrogens is 1. The lowest BCUT2D eigenvalue weighted by Crippen LogP contribution is -2.53. The van der Waals surface area contributed by atoms with E-state index in [4.69, 9.17) is 0 Å². The van der Waals surface area contributed by atoms with E-state index in [1.165, 1.54) is 38.5 Å². The van der Waals surface area contributed by atoms with Gasteiger partial charge in [0.25, 0.3) is 0 Å². The molecule has 2 nitrogen and oxygen atoms in total. The van der Waals surface area contributed by atoms with Crippen molar-refractivity contribution in [1.29, 1.82) is 0 Å². The van der Waals surface area contributed by atoms with Gasteiger partial charge in [-0.05, 0) is 19.3 Å². The van der Waals surface area contributed by atoms with Gasteiger partial charge in [-0.1, -0.05) is 40.0 Å². The Kier molecular flexibility index (Phi) is 8.54. The van der Waals surface area contributed by atoms with Crippen LogP contribution in [0.25, 0.3) is 0 Å². The van der Waals surface area contributed by atoms with Crippen LogP contribution >= 0.6 is 0 Å². The first-order valence-electron chi connectivity index (χ1n) is 7.00. The van der Waals surface area contributed by atoms with Gasteiger partial charge in [0, 0.05) is 0 Å². The van der Waals surface area contributed by atoms with Crippen molar-refractivity contribution in [3.05, 3.63) is 0 Å². The molecule has 0 saturated carbocycles. The molecule has 0 aromatic heterocycles. The summed E-state index contributed by atoms with van der Waals surface area (Å²) < 4.78 is 0.732. The van der Waals surface area contributed by atoms with Crippen LogP contribution in [-0.2, 0) is 4.79 Å². The van der Waals surface area contributed by atoms with Crippen molar-refractivity contribution < 1.29 is 9.28 Å². The minimum absolute atomic E-state index is 0.371. The van der Waals surface area contributed by atoms with Crippen LogP contribution < -0.4 is 0 Å². The zero-order valence-electron chi connectivity index (χ0n) is 11.7. The molecule has 0 spiro atoms. The molecule has 0 aromatic carbocycles. The summed E-state index contributed by atoms with van der Waals surface area (Å²) in [6.45, 7) is 11.5. The molecule has 0 saturated heterocycles. The van der Waals surface area contributed by atoms with Crippen LogP contribution in [0.1, 0.15) is 66.2 Å². The number of rotatable bonds is 9. The van der Waals surface area contributed by atoms with Crippen molar-refractivity contribution in [2.45, 2.75) is 66.2 Å². The number of nitrogens with zero attached hydrogens (tertiary/aromatic N) is 1. The van der Waals surface area contributed by atoms with Crippen LogP contribution in [-0.4, -0.2) is 30.0 Å². The molecule has 0 aliphatic heterocycles. The third-order valence-electron chi connectivity index (χ3n) is 3.49. The summed E-state index contributed by atoms with van der Waals surface area (Å²) in [5.41, 5.74) is 0. The third-order valence-corrected chi connectivity index (χ3v) is 3.49. The van der Waals surface area contributed by atoms with Gasteiger partial charge in [0.05, 0.1) is 26.6 Å². The van der Waals surface area contributed by atoms with E-state index >= 15 is 0 Å². The highest BCUT2D eigenvalue weighted by Gasteiger charge is 2.31. The number of carbonyl (C=O) groups is 1. The van der Waals surface area contributed by atoms with Crippen molar-refractivity contribution in [2.75, 3.05) is 19.6 Å². The first-order chi connectivity index (χ1) is 7.63. The monoisotopic (exact) mass is 228 g/mol. The minimum atomic E-state index is 0.371. The zero-order chi connectivity index (χ0) is 12.4. The second-order valence-electron chi connectivity index (χ2n) is 4.90. The lowest BCUT2D eigenvalue weighted by molar-refractivity contribution is -0.855. The molecule has 0 rings (SSSR count). The van der Waals surface area contributed by atoms with Crippen LogP contribution in [0.2, 0.25) is 0 Å². The van der Waals surface area contributed by atoms with Gasteiger partial charge in [0.15, 0.2) is 0 Å². The highest BCUT2D eigenvalue weighted by atomic mass is 16.2. The highest BCUT2D eigenvalue weighted by molar-refractivity contribution is 5.65. The van der Waals surface area contributed by atoms with E-state index in [9.17, 15) is 4.79 Å². The van der Waals surface area contributed by atoms with E-state index in [0.717, 1.165) is 24.1 Å². The Bertz CT molecular complexity index is 167. The fraction of sp³-hybridized carbons (Fsp3) is 0.929. The first-order valence-corrected chi connectivity index (χ1v) is 7.00. The average molecular weight is 228 g/mol. The van der Waals surface area contributed by atoms with Crippen molar-refractivity contribution >= 4 is 5.91 Å². The molecule has 96 valence electrons. The molecule has 0 aromatic rings. The van der Waals surface area contributed by atoms with Gasteiger partial charge < -0.3 is 0 Å². The van der Waals surface area contributed by atoms with E-state index < -0.39 is 0 Å². The van der Waals surface area contributed by atoms with Gasteiger partial charge in [-0.25, -0.2) is 4.79 Å². The summed E-state index contributed by atoms with van der Waals surface area (Å²) in [6.07, 6.45) is 7.08. The van der Waals surface area contributed by atoms with Crippen LogP contribution in [0.3, 0.4) is 0 Å². The largest absolute Gasteiger partial charge is 0.310 e. The number of unbranched alkanes of at least 4 members (excludes halogenated alkanes) is 3. The van der Waals surface area contributed by atoms with Crippen molar-refractivity contribution in [2.24, 2.45) is 0 Å². The Morgan fingerprint density at radius 1 is 0.812 bits per heavy atom. The number of carbonyl (C=O) groups excluding carboxylic acids is 1. The SMILES string of the molecule is CCCC[N+](CCCC)(CCCC)C(C)=O. The van der Waals surface area contributed by atoms with E-state index in [2.05, 4.69) is 20.8 Å². The summed E-state index contributed by atoms with van der Waals surface area (Å²) in [7, 11) is 0. The van der Waals surface area contributed by atoms with Gasteiger partial charge in [0.2, 0.25) is 0 Å². The maximum Gasteiger partial charge on any atom is 0.310 e. The maximum atomic E-state index is 12.0. The fourth-order valence-corrected chi connectivity index (χ4v) is 2.19. The molecule has 0 aliphatic rings. The maximum absolute atomic E-state index is 12.0. The first kappa shape index (κ1) is 15.6. The molecule has 0 aliphatic carbocycles. The van der Waals surface area contributed by atoms with E-state index in [0.29, 0.717) is 5.91 Å². The predicted octanol–water partition coefficient (Wildman–Crippen LogP) is 3.75. The third kappa shape index (κ3) is 5.11. The molecular weight excluding hydrogens is 198 g/mol. The van der Waals surface area contributed by atoms with Gasteiger partial charge in [-0.3, -0.25) is 4.48 Å². The van der Waals surface area contributed by atoms with E-state index in [1.807, 2.05) is 0 Å². The molecular formula is C14H30NO+. The standard InChI is InChI=1S/C14H30NO/c1-5-8-11-15(14(4)16,12-9-6-2)13-10-7-3/h5-13H2,1-4H3/q+1. The number of amides is 1. The van der Waals surface area contributed by atoms with E-state index in [1.54, 1.807) is 6.92 Å². The Balaban J connectivity index is 4.52. The Labute approximate surface area is 102 Å². The predicted molar refractivity (Wildman–Crippen MR) is 70.3 cm³/mol. The second kappa shape index (κ2) is 8.74. The minimum Gasteiger partial charge on any atom is -0.261 e. The van der Waals surface area contributed by atoms with Crippen molar-refractivity contribution in [1.82, 2.24) is 0 Å². The molecule has 1 amide bonds.